The second-order valence-corrected chi connectivity index (χ2v) is 16.0. The van der Waals surface area contributed by atoms with Gasteiger partial charge in [0.2, 0.25) is 0 Å². The average Bonchev–Trinajstić information content (AvgIpc) is 3.11. The lowest BCUT2D eigenvalue weighted by Crippen LogP contribution is -2.49. The third-order valence-electron chi connectivity index (χ3n) is 10.2. The fraction of sp³-hybridized carbons (Fsp3) is 0.913. The summed E-state index contributed by atoms with van der Waals surface area (Å²) in [6, 6.07) is 0. The maximum Gasteiger partial charge on any atom is 0.130 e. The Balaban J connectivity index is 3.85. The van der Waals surface area contributed by atoms with Crippen LogP contribution in [0.5, 0.6) is 0 Å². The molecule has 4 nitrogen and oxygen atoms in total. The zero-order chi connectivity index (χ0) is 36.5. The molecule has 0 bridgehead atoms. The van der Waals surface area contributed by atoms with Gasteiger partial charge in [0, 0.05) is 20.3 Å². The van der Waals surface area contributed by atoms with E-state index >= 15 is 0 Å². The summed E-state index contributed by atoms with van der Waals surface area (Å²) in [7, 11) is 6.36. The molecule has 4 heteroatoms. The first-order valence-corrected chi connectivity index (χ1v) is 22.4. The number of hydrogen-bond acceptors (Lipinski definition) is 3. The number of nitrogens with zero attached hydrogens (tertiary/aromatic N) is 1. The van der Waals surface area contributed by atoms with Crippen molar-refractivity contribution in [3.63, 3.8) is 0 Å². The zero-order valence-electron chi connectivity index (χ0n) is 35.0. The van der Waals surface area contributed by atoms with Crippen LogP contribution in [0.2, 0.25) is 0 Å². The summed E-state index contributed by atoms with van der Waals surface area (Å²) in [5, 5.41) is 0. The van der Waals surface area contributed by atoms with Crippen LogP contribution in [-0.4, -0.2) is 71.3 Å². The van der Waals surface area contributed by atoms with Gasteiger partial charge in [0.1, 0.15) is 19.2 Å². The highest BCUT2D eigenvalue weighted by Gasteiger charge is 2.23. The predicted octanol–water partition coefficient (Wildman–Crippen LogP) is 14.0. The second kappa shape index (κ2) is 41.1. The van der Waals surface area contributed by atoms with Crippen molar-refractivity contribution < 1.29 is 18.7 Å². The Morgan fingerprint density at radius 3 is 1.20 bits per heavy atom. The van der Waals surface area contributed by atoms with Gasteiger partial charge in [0.15, 0.2) is 0 Å². The van der Waals surface area contributed by atoms with Crippen LogP contribution in [-0.2, 0) is 14.2 Å². The molecule has 50 heavy (non-hydrogen) atoms. The van der Waals surface area contributed by atoms with E-state index in [2.05, 4.69) is 52.2 Å². The standard InChI is InChI=1S/C46H92NO3/c1-6-8-10-12-14-16-18-20-22-24-26-28-30-32-34-36-38-41-49-45-46(44-47(3,4)40-43-48-5)50-42-39-37-35-33-31-29-27-25-23-21-19-17-15-13-11-9-7-2/h20-23,46H,6-19,24-45H2,1-5H3/q+1/b22-20-,23-21-. The van der Waals surface area contributed by atoms with E-state index in [4.69, 9.17) is 14.2 Å². The number of ether oxygens (including phenoxy) is 3. The van der Waals surface area contributed by atoms with E-state index in [0.717, 1.165) is 37.4 Å². The Bertz CT molecular complexity index is 691. The summed E-state index contributed by atoms with van der Waals surface area (Å²) in [5.41, 5.74) is 0. The molecule has 0 rings (SSSR count). The van der Waals surface area contributed by atoms with E-state index in [1.165, 1.54) is 193 Å². The molecular formula is C46H92NO3+. The number of rotatable bonds is 42. The first-order chi connectivity index (χ1) is 24.6. The van der Waals surface area contributed by atoms with Gasteiger partial charge in [-0.25, -0.2) is 0 Å². The number of methoxy groups -OCH3 is 1. The van der Waals surface area contributed by atoms with Crippen LogP contribution in [0.15, 0.2) is 24.3 Å². The van der Waals surface area contributed by atoms with Gasteiger partial charge in [-0.05, 0) is 64.2 Å². The minimum absolute atomic E-state index is 0.163. The van der Waals surface area contributed by atoms with E-state index in [-0.39, 0.29) is 6.10 Å². The highest BCUT2D eigenvalue weighted by atomic mass is 16.5. The van der Waals surface area contributed by atoms with Gasteiger partial charge in [0.05, 0.1) is 27.3 Å². The maximum absolute atomic E-state index is 6.43. The van der Waals surface area contributed by atoms with E-state index in [1.807, 2.05) is 0 Å². The minimum atomic E-state index is 0.163. The zero-order valence-corrected chi connectivity index (χ0v) is 35.0. The molecule has 0 aliphatic rings. The van der Waals surface area contributed by atoms with Crippen molar-refractivity contribution in [3.8, 4) is 0 Å². The average molecular weight is 707 g/mol. The van der Waals surface area contributed by atoms with E-state index < -0.39 is 0 Å². The number of likely N-dealkylation sites (N-methyl/N-ethyl adjacent to an activating group) is 1. The minimum Gasteiger partial charge on any atom is -0.379 e. The maximum atomic E-state index is 6.43. The Morgan fingerprint density at radius 1 is 0.440 bits per heavy atom. The molecule has 1 unspecified atom stereocenters. The highest BCUT2D eigenvalue weighted by Crippen LogP contribution is 2.14. The monoisotopic (exact) mass is 707 g/mol. The topological polar surface area (TPSA) is 27.7 Å². The van der Waals surface area contributed by atoms with Crippen molar-refractivity contribution >= 4 is 0 Å². The highest BCUT2D eigenvalue weighted by molar-refractivity contribution is 4.82. The van der Waals surface area contributed by atoms with Crippen LogP contribution in [0.25, 0.3) is 0 Å². The molecule has 0 aliphatic heterocycles. The lowest BCUT2D eigenvalue weighted by molar-refractivity contribution is -0.893. The number of allylic oxidation sites excluding steroid dienone is 4. The van der Waals surface area contributed by atoms with Crippen LogP contribution in [0.1, 0.15) is 206 Å². The fourth-order valence-corrected chi connectivity index (χ4v) is 6.75. The van der Waals surface area contributed by atoms with Crippen molar-refractivity contribution in [1.29, 1.82) is 0 Å². The first kappa shape index (κ1) is 49.3. The van der Waals surface area contributed by atoms with Crippen molar-refractivity contribution in [3.05, 3.63) is 24.3 Å². The quantitative estimate of drug-likeness (QED) is 0.0359. The van der Waals surface area contributed by atoms with Crippen molar-refractivity contribution in [2.75, 3.05) is 60.7 Å². The number of hydrogen-bond donors (Lipinski definition) is 0. The number of quaternary nitrogens is 1. The molecule has 298 valence electrons. The molecule has 0 aromatic heterocycles. The Morgan fingerprint density at radius 2 is 0.800 bits per heavy atom. The predicted molar refractivity (Wildman–Crippen MR) is 222 cm³/mol. The van der Waals surface area contributed by atoms with Gasteiger partial charge in [0.25, 0.3) is 0 Å². The van der Waals surface area contributed by atoms with Crippen molar-refractivity contribution in [2.24, 2.45) is 0 Å². The summed E-state index contributed by atoms with van der Waals surface area (Å²) < 4.78 is 18.9. The van der Waals surface area contributed by atoms with Crippen LogP contribution in [0.4, 0.5) is 0 Å². The smallest absolute Gasteiger partial charge is 0.130 e. The van der Waals surface area contributed by atoms with Gasteiger partial charge in [-0.2, -0.15) is 0 Å². The lowest BCUT2D eigenvalue weighted by atomic mass is 10.1. The van der Waals surface area contributed by atoms with Gasteiger partial charge < -0.3 is 18.7 Å². The molecule has 0 amide bonds. The summed E-state index contributed by atoms with van der Waals surface area (Å²) in [5.74, 6) is 0. The second-order valence-electron chi connectivity index (χ2n) is 16.0. The molecular weight excluding hydrogens is 615 g/mol. The van der Waals surface area contributed by atoms with E-state index in [0.29, 0.717) is 6.61 Å². The summed E-state index contributed by atoms with van der Waals surface area (Å²) in [6.45, 7) is 9.78. The van der Waals surface area contributed by atoms with Crippen LogP contribution < -0.4 is 0 Å². The Labute approximate surface area is 315 Å². The molecule has 0 N–H and O–H groups in total. The molecule has 0 radical (unpaired) electrons. The van der Waals surface area contributed by atoms with E-state index in [9.17, 15) is 0 Å². The molecule has 0 heterocycles. The van der Waals surface area contributed by atoms with Crippen molar-refractivity contribution in [2.45, 2.75) is 213 Å². The summed E-state index contributed by atoms with van der Waals surface area (Å²) in [4.78, 5) is 0. The molecule has 0 fully saturated rings. The first-order valence-electron chi connectivity index (χ1n) is 22.4. The molecule has 0 aromatic carbocycles. The lowest BCUT2D eigenvalue weighted by Gasteiger charge is -2.33. The van der Waals surface area contributed by atoms with Crippen LogP contribution >= 0.6 is 0 Å². The molecule has 0 spiro atoms. The normalized spacial score (nSPS) is 13.0. The Hall–Kier alpha value is -0.680. The van der Waals surface area contributed by atoms with Crippen LogP contribution in [0.3, 0.4) is 0 Å². The SMILES string of the molecule is CCCCCCCC/C=C\CCCCCCCCCOCC(C[N+](C)(C)CCOC)OCCCCCCCCC/C=C\CCCCCCCC. The van der Waals surface area contributed by atoms with Crippen LogP contribution in [0, 0.1) is 0 Å². The van der Waals surface area contributed by atoms with Crippen molar-refractivity contribution in [1.82, 2.24) is 0 Å². The molecule has 0 aliphatic carbocycles. The summed E-state index contributed by atoms with van der Waals surface area (Å²) >= 11 is 0. The fourth-order valence-electron chi connectivity index (χ4n) is 6.75. The third-order valence-corrected chi connectivity index (χ3v) is 10.2. The summed E-state index contributed by atoms with van der Waals surface area (Å²) in [6.07, 6.45) is 50.3. The van der Waals surface area contributed by atoms with Gasteiger partial charge in [-0.3, -0.25) is 0 Å². The van der Waals surface area contributed by atoms with Gasteiger partial charge >= 0.3 is 0 Å². The molecule has 0 saturated carbocycles. The third kappa shape index (κ3) is 40.1. The molecule has 0 aromatic rings. The van der Waals surface area contributed by atoms with Gasteiger partial charge in [-0.1, -0.05) is 167 Å². The molecule has 1 atom stereocenters. The number of unbranched alkanes of at least 4 members (excludes halogenated alkanes) is 26. The molecule has 0 saturated heterocycles. The Kier molecular flexibility index (Phi) is 40.5. The van der Waals surface area contributed by atoms with Gasteiger partial charge in [-0.15, -0.1) is 0 Å². The van der Waals surface area contributed by atoms with E-state index in [1.54, 1.807) is 7.11 Å². The largest absolute Gasteiger partial charge is 0.379 e.